The molecule has 1 heterocycles. The second-order valence-electron chi connectivity index (χ2n) is 9.28. The van der Waals surface area contributed by atoms with E-state index in [9.17, 15) is 14.4 Å². The Labute approximate surface area is 206 Å². The van der Waals surface area contributed by atoms with Crippen molar-refractivity contribution in [1.82, 2.24) is 15.4 Å². The van der Waals surface area contributed by atoms with Gasteiger partial charge in [-0.1, -0.05) is 48.5 Å². The first-order chi connectivity index (χ1) is 16.7. The summed E-state index contributed by atoms with van der Waals surface area (Å²) in [5, 5.41) is 2.61. The zero-order chi connectivity index (χ0) is 25.3. The molecular formula is C26H34N4O5. The SMILES string of the molecule is CC(C)(C)OC(=O)[C@@H]1CCCNN1C(=O)N(CCC(=O)OCc1ccccc1)Nc1ccccc1. The molecule has 0 bridgehead atoms. The summed E-state index contributed by atoms with van der Waals surface area (Å²) in [5.74, 6) is -0.906. The van der Waals surface area contributed by atoms with Crippen molar-refractivity contribution < 1.29 is 23.9 Å². The maximum absolute atomic E-state index is 13.5. The summed E-state index contributed by atoms with van der Waals surface area (Å²) in [6.45, 7) is 6.12. The van der Waals surface area contributed by atoms with Crippen molar-refractivity contribution in [3.63, 3.8) is 0 Å². The van der Waals surface area contributed by atoms with Gasteiger partial charge in [-0.15, -0.1) is 0 Å². The van der Waals surface area contributed by atoms with E-state index in [0.29, 0.717) is 18.7 Å². The molecule has 1 saturated heterocycles. The van der Waals surface area contributed by atoms with Crippen LogP contribution in [-0.4, -0.2) is 52.7 Å². The second kappa shape index (κ2) is 12.2. The quantitative estimate of drug-likeness (QED) is 0.435. The average molecular weight is 483 g/mol. The monoisotopic (exact) mass is 482 g/mol. The molecule has 2 aromatic carbocycles. The lowest BCUT2D eigenvalue weighted by molar-refractivity contribution is -0.163. The van der Waals surface area contributed by atoms with Crippen LogP contribution in [0.5, 0.6) is 0 Å². The molecule has 2 aromatic rings. The lowest BCUT2D eigenvalue weighted by Crippen LogP contribution is -2.61. The van der Waals surface area contributed by atoms with Crippen LogP contribution >= 0.6 is 0 Å². The van der Waals surface area contributed by atoms with Gasteiger partial charge in [-0.05, 0) is 51.3 Å². The molecule has 2 N–H and O–H groups in total. The molecule has 9 heteroatoms. The summed E-state index contributed by atoms with van der Waals surface area (Å²) < 4.78 is 10.9. The van der Waals surface area contributed by atoms with Crippen LogP contribution in [-0.2, 0) is 25.7 Å². The molecule has 1 aliphatic rings. The van der Waals surface area contributed by atoms with Crippen molar-refractivity contribution in [2.45, 2.75) is 58.3 Å². The highest BCUT2D eigenvalue weighted by Crippen LogP contribution is 2.19. The minimum absolute atomic E-state index is 0.0245. The number of carbonyl (C=O) groups is 3. The molecule has 1 fully saturated rings. The van der Waals surface area contributed by atoms with Gasteiger partial charge in [-0.25, -0.2) is 25.0 Å². The Kier molecular flexibility index (Phi) is 9.08. The Hall–Kier alpha value is -3.59. The van der Waals surface area contributed by atoms with Gasteiger partial charge in [0.25, 0.3) is 0 Å². The second-order valence-corrected chi connectivity index (χ2v) is 9.28. The maximum Gasteiger partial charge on any atom is 0.353 e. The average Bonchev–Trinajstić information content (AvgIpc) is 2.85. The summed E-state index contributed by atoms with van der Waals surface area (Å²) in [7, 11) is 0. The van der Waals surface area contributed by atoms with Crippen molar-refractivity contribution >= 4 is 23.7 Å². The summed E-state index contributed by atoms with van der Waals surface area (Å²) in [4.78, 5) is 38.8. The molecule has 2 amide bonds. The molecular weight excluding hydrogens is 448 g/mol. The normalized spacial score (nSPS) is 15.7. The Morgan fingerprint density at radius 1 is 1.06 bits per heavy atom. The standard InChI is InChI=1S/C26H34N4O5/c1-26(2,3)35-24(32)22-15-10-17-27-30(22)25(33)29(28-21-13-8-5-9-14-21)18-16-23(31)34-19-20-11-6-4-7-12-20/h4-9,11-14,22,27-28H,10,15-19H2,1-3H3/t22-/m0/s1. The minimum atomic E-state index is -0.777. The van der Waals surface area contributed by atoms with Crippen LogP contribution in [0.2, 0.25) is 0 Å². The summed E-state index contributed by atoms with van der Waals surface area (Å²) in [6.07, 6.45) is 1.18. The number of carbonyl (C=O) groups excluding carboxylic acids is 3. The van der Waals surface area contributed by atoms with E-state index in [-0.39, 0.29) is 19.6 Å². The van der Waals surface area contributed by atoms with Crippen LogP contribution in [0.1, 0.15) is 45.6 Å². The number of para-hydroxylation sites is 1. The Morgan fingerprint density at radius 3 is 2.37 bits per heavy atom. The highest BCUT2D eigenvalue weighted by Gasteiger charge is 2.37. The van der Waals surface area contributed by atoms with Crippen LogP contribution in [0.4, 0.5) is 10.5 Å². The number of ether oxygens (including phenoxy) is 2. The van der Waals surface area contributed by atoms with Crippen molar-refractivity contribution in [2.24, 2.45) is 0 Å². The number of urea groups is 1. The summed E-state index contributed by atoms with van der Waals surface area (Å²) in [5.41, 5.74) is 6.96. The van der Waals surface area contributed by atoms with Crippen LogP contribution in [0.25, 0.3) is 0 Å². The van der Waals surface area contributed by atoms with Crippen LogP contribution in [0.15, 0.2) is 60.7 Å². The lowest BCUT2D eigenvalue weighted by Gasteiger charge is -2.38. The first-order valence-corrected chi connectivity index (χ1v) is 11.8. The Bertz CT molecular complexity index is 978. The van der Waals surface area contributed by atoms with Gasteiger partial charge in [0.2, 0.25) is 0 Å². The van der Waals surface area contributed by atoms with Gasteiger partial charge in [0.1, 0.15) is 18.2 Å². The number of rotatable bonds is 8. The van der Waals surface area contributed by atoms with Gasteiger partial charge < -0.3 is 9.47 Å². The van der Waals surface area contributed by atoms with E-state index in [1.165, 1.54) is 10.0 Å². The number of nitrogens with one attached hydrogen (secondary N) is 2. The molecule has 0 spiro atoms. The van der Waals surface area contributed by atoms with Gasteiger partial charge in [-0.3, -0.25) is 10.2 Å². The highest BCUT2D eigenvalue weighted by atomic mass is 16.6. The number of hydrazine groups is 2. The van der Waals surface area contributed by atoms with E-state index in [2.05, 4.69) is 10.9 Å². The van der Waals surface area contributed by atoms with E-state index in [1.54, 1.807) is 20.8 Å². The molecule has 1 atom stereocenters. The number of anilines is 1. The Balaban J connectivity index is 1.69. The molecule has 35 heavy (non-hydrogen) atoms. The first kappa shape index (κ1) is 26.0. The number of hydrogen-bond donors (Lipinski definition) is 2. The zero-order valence-corrected chi connectivity index (χ0v) is 20.5. The van der Waals surface area contributed by atoms with Gasteiger partial charge in [0, 0.05) is 6.54 Å². The van der Waals surface area contributed by atoms with Crippen LogP contribution < -0.4 is 10.9 Å². The van der Waals surface area contributed by atoms with Crippen LogP contribution in [0, 0.1) is 0 Å². The van der Waals surface area contributed by atoms with Crippen molar-refractivity contribution in [3.8, 4) is 0 Å². The fraction of sp³-hybridized carbons (Fsp3) is 0.423. The number of hydrogen-bond acceptors (Lipinski definition) is 7. The maximum atomic E-state index is 13.5. The third kappa shape index (κ3) is 8.29. The molecule has 188 valence electrons. The van der Waals surface area contributed by atoms with Crippen molar-refractivity contribution in [2.75, 3.05) is 18.5 Å². The highest BCUT2D eigenvalue weighted by molar-refractivity contribution is 5.84. The number of nitrogens with zero attached hydrogens (tertiary/aromatic N) is 2. The molecule has 0 aromatic heterocycles. The summed E-state index contributed by atoms with van der Waals surface area (Å²) in [6, 6.07) is 17.3. The predicted octanol–water partition coefficient (Wildman–Crippen LogP) is 3.88. The van der Waals surface area contributed by atoms with Crippen molar-refractivity contribution in [1.29, 1.82) is 0 Å². The van der Waals surface area contributed by atoms with Crippen molar-refractivity contribution in [3.05, 3.63) is 66.2 Å². The molecule has 0 aliphatic carbocycles. The topological polar surface area (TPSA) is 100 Å². The van der Waals surface area contributed by atoms with E-state index >= 15 is 0 Å². The number of benzene rings is 2. The van der Waals surface area contributed by atoms with Crippen LogP contribution in [0.3, 0.4) is 0 Å². The lowest BCUT2D eigenvalue weighted by atomic mass is 10.1. The molecule has 0 unspecified atom stereocenters. The number of esters is 2. The predicted molar refractivity (Wildman–Crippen MR) is 132 cm³/mol. The van der Waals surface area contributed by atoms with E-state index in [1.807, 2.05) is 60.7 Å². The van der Waals surface area contributed by atoms with E-state index in [0.717, 1.165) is 12.0 Å². The zero-order valence-electron chi connectivity index (χ0n) is 20.5. The first-order valence-electron chi connectivity index (χ1n) is 11.8. The molecule has 0 radical (unpaired) electrons. The fourth-order valence-electron chi connectivity index (χ4n) is 3.54. The molecule has 1 aliphatic heterocycles. The van der Waals surface area contributed by atoms with E-state index < -0.39 is 29.6 Å². The molecule has 9 nitrogen and oxygen atoms in total. The molecule has 3 rings (SSSR count). The van der Waals surface area contributed by atoms with Gasteiger partial charge in [0.15, 0.2) is 0 Å². The smallest absolute Gasteiger partial charge is 0.353 e. The van der Waals surface area contributed by atoms with E-state index in [4.69, 9.17) is 9.47 Å². The third-order valence-electron chi connectivity index (χ3n) is 5.18. The van der Waals surface area contributed by atoms with Gasteiger partial charge in [-0.2, -0.15) is 0 Å². The number of amides is 2. The molecule has 0 saturated carbocycles. The minimum Gasteiger partial charge on any atom is -0.461 e. The largest absolute Gasteiger partial charge is 0.461 e. The third-order valence-corrected chi connectivity index (χ3v) is 5.18. The fourth-order valence-corrected chi connectivity index (χ4v) is 3.54. The summed E-state index contributed by atoms with van der Waals surface area (Å²) >= 11 is 0. The Morgan fingerprint density at radius 2 is 1.71 bits per heavy atom. The van der Waals surface area contributed by atoms with Gasteiger partial charge >= 0.3 is 18.0 Å². The van der Waals surface area contributed by atoms with Gasteiger partial charge in [0.05, 0.1) is 18.7 Å².